The molecule has 2 aromatic rings. The summed E-state index contributed by atoms with van der Waals surface area (Å²) in [6.07, 6.45) is 1.82. The minimum absolute atomic E-state index is 0.0664. The van der Waals surface area contributed by atoms with Crippen LogP contribution in [0.4, 0.5) is 0 Å². The first-order valence-electron chi connectivity index (χ1n) is 4.66. The van der Waals surface area contributed by atoms with E-state index in [9.17, 15) is 4.79 Å². The Kier molecular flexibility index (Phi) is 2.77. The van der Waals surface area contributed by atoms with Crippen LogP contribution in [-0.4, -0.2) is 9.55 Å². The fourth-order valence-corrected chi connectivity index (χ4v) is 1.90. The maximum atomic E-state index is 11.4. The third-order valence-electron chi connectivity index (χ3n) is 2.21. The Bertz CT molecular complexity index is 527. The highest BCUT2D eigenvalue weighted by Gasteiger charge is 2.03. The summed E-state index contributed by atoms with van der Waals surface area (Å²) < 4.78 is 2.69. The second kappa shape index (κ2) is 4.06. The van der Waals surface area contributed by atoms with Gasteiger partial charge in [0.25, 0.3) is 0 Å². The van der Waals surface area contributed by atoms with Crippen LogP contribution in [0.5, 0.6) is 0 Å². The summed E-state index contributed by atoms with van der Waals surface area (Å²) in [6, 6.07) is 7.89. The third kappa shape index (κ3) is 2.21. The molecule has 0 aliphatic heterocycles. The number of aromatic amines is 1. The van der Waals surface area contributed by atoms with Crippen molar-refractivity contribution in [3.8, 4) is 0 Å². The summed E-state index contributed by atoms with van der Waals surface area (Å²) in [5.41, 5.74) is 1.91. The number of rotatable bonds is 2. The van der Waals surface area contributed by atoms with E-state index in [-0.39, 0.29) is 5.69 Å². The van der Waals surface area contributed by atoms with Crippen molar-refractivity contribution >= 4 is 15.9 Å². The Morgan fingerprint density at radius 1 is 1.40 bits per heavy atom. The second-order valence-electron chi connectivity index (χ2n) is 3.46. The van der Waals surface area contributed by atoms with Gasteiger partial charge in [-0.3, -0.25) is 4.57 Å². The SMILES string of the molecule is Cc1cn(Cc2ccccc2Br)c(=O)[nH]1. The van der Waals surface area contributed by atoms with Crippen LogP contribution in [0.25, 0.3) is 0 Å². The summed E-state index contributed by atoms with van der Waals surface area (Å²) in [5.74, 6) is 0. The number of hydrogen-bond acceptors (Lipinski definition) is 1. The molecule has 4 heteroatoms. The van der Waals surface area contributed by atoms with E-state index in [1.807, 2.05) is 37.4 Å². The van der Waals surface area contributed by atoms with Gasteiger partial charge in [-0.05, 0) is 18.6 Å². The van der Waals surface area contributed by atoms with Gasteiger partial charge in [0.2, 0.25) is 0 Å². The maximum Gasteiger partial charge on any atom is 0.326 e. The largest absolute Gasteiger partial charge is 0.326 e. The molecule has 0 saturated carbocycles. The minimum atomic E-state index is -0.0664. The van der Waals surface area contributed by atoms with Crippen molar-refractivity contribution < 1.29 is 0 Å². The van der Waals surface area contributed by atoms with E-state index < -0.39 is 0 Å². The maximum absolute atomic E-state index is 11.4. The Labute approximate surface area is 95.9 Å². The number of nitrogens with one attached hydrogen (secondary N) is 1. The number of benzene rings is 1. The topological polar surface area (TPSA) is 37.8 Å². The van der Waals surface area contributed by atoms with Crippen LogP contribution < -0.4 is 5.69 Å². The standard InChI is InChI=1S/C11H11BrN2O/c1-8-6-14(11(15)13-8)7-9-4-2-3-5-10(9)12/h2-6H,7H2,1H3,(H,13,15). The van der Waals surface area contributed by atoms with Crippen molar-refractivity contribution in [1.29, 1.82) is 0 Å². The molecule has 0 saturated heterocycles. The van der Waals surface area contributed by atoms with Gasteiger partial charge in [-0.15, -0.1) is 0 Å². The first-order chi connectivity index (χ1) is 7.16. The number of aromatic nitrogens is 2. The van der Waals surface area contributed by atoms with Gasteiger partial charge in [-0.2, -0.15) is 0 Å². The molecule has 0 aliphatic carbocycles. The lowest BCUT2D eigenvalue weighted by molar-refractivity contribution is 0.759. The van der Waals surface area contributed by atoms with Crippen molar-refractivity contribution in [1.82, 2.24) is 9.55 Å². The first kappa shape index (κ1) is 10.2. The van der Waals surface area contributed by atoms with E-state index >= 15 is 0 Å². The molecule has 0 bridgehead atoms. The Hall–Kier alpha value is -1.29. The van der Waals surface area contributed by atoms with Crippen LogP contribution in [-0.2, 0) is 6.54 Å². The van der Waals surface area contributed by atoms with Gasteiger partial charge in [-0.1, -0.05) is 34.1 Å². The van der Waals surface area contributed by atoms with Gasteiger partial charge < -0.3 is 4.98 Å². The molecule has 1 heterocycles. The average Bonchev–Trinajstić information content (AvgIpc) is 2.49. The van der Waals surface area contributed by atoms with Gasteiger partial charge >= 0.3 is 5.69 Å². The van der Waals surface area contributed by atoms with Crippen LogP contribution in [0.15, 0.2) is 39.7 Å². The molecule has 0 aliphatic rings. The zero-order chi connectivity index (χ0) is 10.8. The van der Waals surface area contributed by atoms with Crippen LogP contribution in [0.1, 0.15) is 11.3 Å². The zero-order valence-corrected chi connectivity index (χ0v) is 9.91. The summed E-state index contributed by atoms with van der Waals surface area (Å²) >= 11 is 3.46. The van der Waals surface area contributed by atoms with Gasteiger partial charge in [-0.25, -0.2) is 4.79 Å². The van der Waals surface area contributed by atoms with Gasteiger partial charge in [0, 0.05) is 16.4 Å². The number of H-pyrrole nitrogens is 1. The van der Waals surface area contributed by atoms with Crippen LogP contribution in [0, 0.1) is 6.92 Å². The summed E-state index contributed by atoms with van der Waals surface area (Å²) in [5, 5.41) is 0. The minimum Gasteiger partial charge on any atom is -0.310 e. The van der Waals surface area contributed by atoms with Gasteiger partial charge in [0.05, 0.1) is 6.54 Å². The van der Waals surface area contributed by atoms with Crippen molar-refractivity contribution in [3.05, 3.63) is 56.7 Å². The summed E-state index contributed by atoms with van der Waals surface area (Å²) in [7, 11) is 0. The molecule has 1 N–H and O–H groups in total. The van der Waals surface area contributed by atoms with Crippen molar-refractivity contribution in [2.45, 2.75) is 13.5 Å². The lowest BCUT2D eigenvalue weighted by atomic mass is 10.2. The van der Waals surface area contributed by atoms with E-state index in [1.54, 1.807) is 4.57 Å². The molecule has 0 radical (unpaired) electrons. The van der Waals surface area contributed by atoms with E-state index in [1.165, 1.54) is 0 Å². The lowest BCUT2D eigenvalue weighted by Crippen LogP contribution is -2.16. The number of halogens is 1. The Balaban J connectivity index is 2.34. The van der Waals surface area contributed by atoms with Crippen LogP contribution in [0.3, 0.4) is 0 Å². The highest BCUT2D eigenvalue weighted by Crippen LogP contribution is 2.16. The molecule has 0 amide bonds. The van der Waals surface area contributed by atoms with Crippen molar-refractivity contribution in [2.75, 3.05) is 0 Å². The Morgan fingerprint density at radius 3 is 2.73 bits per heavy atom. The number of aryl methyl sites for hydroxylation is 1. The monoisotopic (exact) mass is 266 g/mol. The molecule has 1 aromatic heterocycles. The van der Waals surface area contributed by atoms with Crippen LogP contribution >= 0.6 is 15.9 Å². The molecule has 0 fully saturated rings. The molecular formula is C11H11BrN2O. The molecule has 3 nitrogen and oxygen atoms in total. The van der Waals surface area contributed by atoms with Crippen molar-refractivity contribution in [3.63, 3.8) is 0 Å². The first-order valence-corrected chi connectivity index (χ1v) is 5.45. The Morgan fingerprint density at radius 2 is 2.13 bits per heavy atom. The molecule has 1 aromatic carbocycles. The van der Waals surface area contributed by atoms with Crippen molar-refractivity contribution in [2.24, 2.45) is 0 Å². The summed E-state index contributed by atoms with van der Waals surface area (Å²) in [6.45, 7) is 2.46. The van der Waals surface area contributed by atoms with Crippen LogP contribution in [0.2, 0.25) is 0 Å². The molecule has 78 valence electrons. The highest BCUT2D eigenvalue weighted by atomic mass is 79.9. The predicted molar refractivity (Wildman–Crippen MR) is 63.0 cm³/mol. The smallest absolute Gasteiger partial charge is 0.310 e. The van der Waals surface area contributed by atoms with E-state index in [2.05, 4.69) is 20.9 Å². The molecule has 15 heavy (non-hydrogen) atoms. The summed E-state index contributed by atoms with van der Waals surface area (Å²) in [4.78, 5) is 14.2. The quantitative estimate of drug-likeness (QED) is 0.890. The fraction of sp³-hybridized carbons (Fsp3) is 0.182. The highest BCUT2D eigenvalue weighted by molar-refractivity contribution is 9.10. The van der Waals surface area contributed by atoms with E-state index in [0.29, 0.717) is 6.54 Å². The van der Waals surface area contributed by atoms with Gasteiger partial charge in [0.1, 0.15) is 0 Å². The second-order valence-corrected chi connectivity index (χ2v) is 4.32. The number of hydrogen-bond donors (Lipinski definition) is 1. The number of nitrogens with zero attached hydrogens (tertiary/aromatic N) is 1. The lowest BCUT2D eigenvalue weighted by Gasteiger charge is -2.03. The van der Waals surface area contributed by atoms with E-state index in [0.717, 1.165) is 15.7 Å². The average molecular weight is 267 g/mol. The molecule has 0 spiro atoms. The molecule has 0 atom stereocenters. The predicted octanol–water partition coefficient (Wildman–Crippen LogP) is 2.30. The molecular weight excluding hydrogens is 256 g/mol. The molecule has 2 rings (SSSR count). The normalized spacial score (nSPS) is 10.5. The third-order valence-corrected chi connectivity index (χ3v) is 2.99. The number of imidazole rings is 1. The fourth-order valence-electron chi connectivity index (χ4n) is 1.49. The van der Waals surface area contributed by atoms with E-state index in [4.69, 9.17) is 0 Å². The zero-order valence-electron chi connectivity index (χ0n) is 8.33. The van der Waals surface area contributed by atoms with Gasteiger partial charge in [0.15, 0.2) is 0 Å². The molecule has 0 unspecified atom stereocenters.